The molecule has 0 heterocycles. The van der Waals surface area contributed by atoms with E-state index in [0.717, 1.165) is 11.8 Å². The van der Waals surface area contributed by atoms with Crippen LogP contribution in [0.4, 0.5) is 42.1 Å². The average molecular weight is 720 g/mol. The molecule has 15 heteroatoms. The predicted octanol–water partition coefficient (Wildman–Crippen LogP) is 8.58. The average Bonchev–Trinajstić information content (AvgIpc) is 3.08. The highest BCUT2D eigenvalue weighted by Gasteiger charge is 2.42. The van der Waals surface area contributed by atoms with Crippen LogP contribution < -0.4 is 20.7 Å². The van der Waals surface area contributed by atoms with E-state index in [1.165, 1.54) is 37.3 Å². The molecule has 50 heavy (non-hydrogen) atoms. The number of carbonyl (C=O) groups is 3. The molecule has 4 aromatic carbocycles. The maximum atomic E-state index is 14.4. The maximum Gasteiger partial charge on any atom is 0.422 e. The molecule has 262 valence electrons. The molecule has 1 unspecified atom stereocenters. The van der Waals surface area contributed by atoms with Gasteiger partial charge in [-0.05, 0) is 55.8 Å². The van der Waals surface area contributed by atoms with Gasteiger partial charge in [-0.25, -0.2) is 17.6 Å². The number of hydrogen-bond donors (Lipinski definition) is 3. The van der Waals surface area contributed by atoms with Gasteiger partial charge in [0.2, 0.25) is 5.91 Å². The van der Waals surface area contributed by atoms with Gasteiger partial charge >= 0.3 is 6.18 Å². The highest BCUT2D eigenvalue weighted by atomic mass is 32.2. The number of rotatable bonds is 12. The molecule has 7 nitrogen and oxygen atoms in total. The lowest BCUT2D eigenvalue weighted by Crippen LogP contribution is -2.30. The highest BCUT2D eigenvalue weighted by molar-refractivity contribution is 8.00. The fourth-order valence-corrected chi connectivity index (χ4v) is 5.52. The Morgan fingerprint density at radius 3 is 2.08 bits per heavy atom. The molecule has 0 saturated carbocycles. The van der Waals surface area contributed by atoms with Gasteiger partial charge in [0.15, 0.2) is 23.3 Å². The minimum atomic E-state index is -5.74. The first-order chi connectivity index (χ1) is 23.7. The summed E-state index contributed by atoms with van der Waals surface area (Å²) in [6, 6.07) is 21.0. The van der Waals surface area contributed by atoms with Gasteiger partial charge in [0.1, 0.15) is 22.7 Å². The molecule has 1 atom stereocenters. The second kappa shape index (κ2) is 16.4. The molecular formula is C35H28F7N3O4S. The van der Waals surface area contributed by atoms with Crippen LogP contribution >= 0.6 is 11.8 Å². The topological polar surface area (TPSA) is 96.5 Å². The minimum Gasteiger partial charge on any atom is -0.493 e. The quantitative estimate of drug-likeness (QED) is 0.0590. The number of anilines is 2. The SMILES string of the molecule is CCOc1ccccc1/C=C(/NC(=O)c1ccccc1)C(=O)Nc1cccc(SC(CC)C(=O)Nc2c(F)c(F)c(C(F)(F)F)c(F)c2F)c1. The molecular weight excluding hydrogens is 691 g/mol. The summed E-state index contributed by atoms with van der Waals surface area (Å²) in [5, 5.41) is 5.77. The van der Waals surface area contributed by atoms with E-state index in [2.05, 4.69) is 10.6 Å². The molecule has 4 aromatic rings. The van der Waals surface area contributed by atoms with Crippen LogP contribution in [0.1, 0.15) is 41.8 Å². The van der Waals surface area contributed by atoms with Gasteiger partial charge in [-0.2, -0.15) is 13.2 Å². The lowest BCUT2D eigenvalue weighted by atomic mass is 10.1. The molecule has 0 saturated heterocycles. The van der Waals surface area contributed by atoms with Crippen LogP contribution in [0.3, 0.4) is 0 Å². The van der Waals surface area contributed by atoms with E-state index in [9.17, 15) is 45.1 Å². The molecule has 4 rings (SSSR count). The summed E-state index contributed by atoms with van der Waals surface area (Å²) in [5.41, 5.74) is -3.63. The lowest BCUT2D eigenvalue weighted by Gasteiger charge is -2.18. The smallest absolute Gasteiger partial charge is 0.422 e. The molecule has 0 radical (unpaired) electrons. The Kier molecular flexibility index (Phi) is 12.3. The number of halogens is 7. The molecule has 3 N–H and O–H groups in total. The van der Waals surface area contributed by atoms with Crippen LogP contribution in [0.2, 0.25) is 0 Å². The van der Waals surface area contributed by atoms with Gasteiger partial charge in [-0.3, -0.25) is 14.4 Å². The Morgan fingerprint density at radius 2 is 1.46 bits per heavy atom. The summed E-state index contributed by atoms with van der Waals surface area (Å²) in [7, 11) is 0. The van der Waals surface area contributed by atoms with Gasteiger partial charge in [0.05, 0.1) is 11.9 Å². The highest BCUT2D eigenvalue weighted by Crippen LogP contribution is 2.39. The second-order valence-corrected chi connectivity index (χ2v) is 11.6. The number of nitrogens with one attached hydrogen (secondary N) is 3. The number of amides is 3. The third-order valence-electron chi connectivity index (χ3n) is 6.88. The molecule has 0 aliphatic heterocycles. The Bertz CT molecular complexity index is 1890. The van der Waals surface area contributed by atoms with Crippen LogP contribution in [0.5, 0.6) is 5.75 Å². The van der Waals surface area contributed by atoms with Crippen molar-refractivity contribution < 1.29 is 49.9 Å². The van der Waals surface area contributed by atoms with Crippen molar-refractivity contribution in [1.29, 1.82) is 0 Å². The maximum absolute atomic E-state index is 14.4. The van der Waals surface area contributed by atoms with Crippen molar-refractivity contribution in [3.8, 4) is 5.75 Å². The fourth-order valence-electron chi connectivity index (χ4n) is 4.51. The molecule has 3 amide bonds. The molecule has 0 aliphatic carbocycles. The summed E-state index contributed by atoms with van der Waals surface area (Å²) in [6.45, 7) is 3.63. The van der Waals surface area contributed by atoms with Gasteiger partial charge in [0.25, 0.3) is 11.8 Å². The van der Waals surface area contributed by atoms with Crippen molar-refractivity contribution in [2.24, 2.45) is 0 Å². The van der Waals surface area contributed by atoms with E-state index in [1.807, 2.05) is 0 Å². The van der Waals surface area contributed by atoms with E-state index in [-0.39, 0.29) is 23.4 Å². The molecule has 0 fully saturated rings. The third-order valence-corrected chi connectivity index (χ3v) is 8.23. The zero-order valence-corrected chi connectivity index (χ0v) is 27.1. The fraction of sp³-hybridized carbons (Fsp3) is 0.171. The first-order valence-electron chi connectivity index (χ1n) is 14.9. The van der Waals surface area contributed by atoms with Crippen molar-refractivity contribution in [3.05, 3.63) is 125 Å². The van der Waals surface area contributed by atoms with Crippen LogP contribution in [0, 0.1) is 23.3 Å². The van der Waals surface area contributed by atoms with Crippen molar-refractivity contribution in [2.45, 2.75) is 36.6 Å². The number of carbonyl (C=O) groups excluding carboxylic acids is 3. The number of thioether (sulfide) groups is 1. The molecule has 0 aromatic heterocycles. The minimum absolute atomic E-state index is 0.000429. The normalized spacial score (nSPS) is 12.2. The second-order valence-electron chi connectivity index (χ2n) is 10.3. The van der Waals surface area contributed by atoms with Crippen molar-refractivity contribution in [3.63, 3.8) is 0 Å². The number of alkyl halides is 3. The third kappa shape index (κ3) is 9.02. The van der Waals surface area contributed by atoms with E-state index >= 15 is 0 Å². The Balaban J connectivity index is 1.56. The van der Waals surface area contributed by atoms with E-state index in [4.69, 9.17) is 4.74 Å². The van der Waals surface area contributed by atoms with Gasteiger partial charge in [-0.1, -0.05) is 49.4 Å². The van der Waals surface area contributed by atoms with Gasteiger partial charge in [-0.15, -0.1) is 11.8 Å². The van der Waals surface area contributed by atoms with E-state index in [0.29, 0.717) is 22.8 Å². The monoisotopic (exact) mass is 719 g/mol. The van der Waals surface area contributed by atoms with Crippen LogP contribution in [-0.2, 0) is 15.8 Å². The zero-order valence-electron chi connectivity index (χ0n) is 26.3. The molecule has 0 aliphatic rings. The van der Waals surface area contributed by atoms with Crippen LogP contribution in [0.15, 0.2) is 89.5 Å². The first-order valence-corrected chi connectivity index (χ1v) is 15.7. The Hall–Kier alpha value is -5.31. The van der Waals surface area contributed by atoms with Crippen molar-refractivity contribution in [2.75, 3.05) is 17.2 Å². The lowest BCUT2D eigenvalue weighted by molar-refractivity contribution is -0.143. The van der Waals surface area contributed by atoms with Crippen LogP contribution in [-0.4, -0.2) is 29.6 Å². The predicted molar refractivity (Wildman–Crippen MR) is 174 cm³/mol. The van der Waals surface area contributed by atoms with Crippen molar-refractivity contribution >= 4 is 46.9 Å². The Morgan fingerprint density at radius 1 is 0.820 bits per heavy atom. The number of para-hydroxylation sites is 1. The van der Waals surface area contributed by atoms with Gasteiger partial charge < -0.3 is 20.7 Å². The van der Waals surface area contributed by atoms with E-state index < -0.39 is 63.7 Å². The summed E-state index contributed by atoms with van der Waals surface area (Å²) in [6.07, 6.45) is -4.30. The Labute approximate surface area is 285 Å². The molecule has 0 spiro atoms. The summed E-state index contributed by atoms with van der Waals surface area (Å²) in [5.74, 6) is -12.2. The van der Waals surface area contributed by atoms with Gasteiger partial charge in [0, 0.05) is 21.7 Å². The van der Waals surface area contributed by atoms with E-state index in [1.54, 1.807) is 66.8 Å². The number of ether oxygens (including phenoxy) is 1. The zero-order chi connectivity index (χ0) is 36.6. The first kappa shape index (κ1) is 37.5. The summed E-state index contributed by atoms with van der Waals surface area (Å²) >= 11 is 0.835. The summed E-state index contributed by atoms with van der Waals surface area (Å²) < 4.78 is 102. The standard InChI is InChI=1S/C35H28F7N3O4S/c1-3-25(34(48)45-31-29(38)27(36)26(35(40,41)42)28(37)30(31)39)50-22-15-10-14-21(18-22)43-33(47)23(44-32(46)19-11-6-5-7-12-19)17-20-13-8-9-16-24(20)49-4-2/h5-18,25H,3-4H2,1-2H3,(H,43,47)(H,44,46)(H,45,48)/b23-17+. The van der Waals surface area contributed by atoms with Crippen LogP contribution in [0.25, 0.3) is 6.08 Å². The largest absolute Gasteiger partial charge is 0.493 e. The van der Waals surface area contributed by atoms with Crippen molar-refractivity contribution in [1.82, 2.24) is 5.32 Å². The molecule has 0 bridgehead atoms. The summed E-state index contributed by atoms with van der Waals surface area (Å²) in [4.78, 5) is 39.8. The number of benzene rings is 4. The number of hydrogen-bond acceptors (Lipinski definition) is 5.